The maximum atomic E-state index is 5.30. The second-order valence-corrected chi connectivity index (χ2v) is 7.48. The first-order chi connectivity index (χ1) is 12.1. The molecule has 0 unspecified atom stereocenters. The number of hydrogen-bond acceptors (Lipinski definition) is 4. The molecule has 3 heterocycles. The monoisotopic (exact) mass is 338 g/mol. The van der Waals surface area contributed by atoms with Gasteiger partial charge in [-0.05, 0) is 49.3 Å². The van der Waals surface area contributed by atoms with E-state index in [1.54, 1.807) is 7.11 Å². The first-order valence-electron chi connectivity index (χ1n) is 9.22. The third kappa shape index (κ3) is 3.15. The summed E-state index contributed by atoms with van der Waals surface area (Å²) in [5.74, 6) is 4.27. The SMILES string of the molecule is COc1ccc2c(c1)nc1nc(N3CCC(CC(C)C)CC3)ccn12. The smallest absolute Gasteiger partial charge is 0.236 e. The van der Waals surface area contributed by atoms with Gasteiger partial charge in [-0.3, -0.25) is 4.40 Å². The molecule has 1 aliphatic rings. The Kier molecular flexibility index (Phi) is 4.24. The van der Waals surface area contributed by atoms with Gasteiger partial charge in [0.1, 0.15) is 11.6 Å². The molecule has 1 aliphatic heterocycles. The standard InChI is InChI=1S/C20H26N4O/c1-14(2)12-15-6-9-23(10-7-15)19-8-11-24-18-5-4-16(25-3)13-17(18)21-20(24)22-19/h4-5,8,11,13-15H,6-7,9-10,12H2,1-3H3. The summed E-state index contributed by atoms with van der Waals surface area (Å²) >= 11 is 0. The minimum absolute atomic E-state index is 0.755. The average molecular weight is 338 g/mol. The maximum Gasteiger partial charge on any atom is 0.236 e. The van der Waals surface area contributed by atoms with E-state index < -0.39 is 0 Å². The molecule has 0 radical (unpaired) electrons. The van der Waals surface area contributed by atoms with Gasteiger partial charge in [-0.1, -0.05) is 13.8 Å². The van der Waals surface area contributed by atoms with E-state index in [2.05, 4.69) is 36.0 Å². The van der Waals surface area contributed by atoms with Gasteiger partial charge in [0.2, 0.25) is 5.78 Å². The molecule has 5 nitrogen and oxygen atoms in total. The lowest BCUT2D eigenvalue weighted by Crippen LogP contribution is -2.34. The van der Waals surface area contributed by atoms with Gasteiger partial charge in [0.05, 0.1) is 18.1 Å². The van der Waals surface area contributed by atoms with Crippen molar-refractivity contribution in [3.05, 3.63) is 30.5 Å². The number of hydrogen-bond donors (Lipinski definition) is 0. The second-order valence-electron chi connectivity index (χ2n) is 7.48. The quantitative estimate of drug-likeness (QED) is 0.716. The van der Waals surface area contributed by atoms with Gasteiger partial charge < -0.3 is 9.64 Å². The van der Waals surface area contributed by atoms with Crippen LogP contribution in [0.5, 0.6) is 5.75 Å². The lowest BCUT2D eigenvalue weighted by atomic mass is 9.89. The van der Waals surface area contributed by atoms with Crippen molar-refractivity contribution in [2.45, 2.75) is 33.1 Å². The number of anilines is 1. The van der Waals surface area contributed by atoms with E-state index in [0.29, 0.717) is 0 Å². The van der Waals surface area contributed by atoms with Crippen LogP contribution in [-0.4, -0.2) is 34.6 Å². The number of ether oxygens (including phenoxy) is 1. The first kappa shape index (κ1) is 16.2. The van der Waals surface area contributed by atoms with Crippen LogP contribution in [0.25, 0.3) is 16.8 Å². The molecule has 25 heavy (non-hydrogen) atoms. The van der Waals surface area contributed by atoms with Gasteiger partial charge >= 0.3 is 0 Å². The molecule has 0 spiro atoms. The molecule has 0 N–H and O–H groups in total. The Morgan fingerprint density at radius 3 is 2.68 bits per heavy atom. The minimum Gasteiger partial charge on any atom is -0.497 e. The van der Waals surface area contributed by atoms with Crippen molar-refractivity contribution in [2.75, 3.05) is 25.1 Å². The van der Waals surface area contributed by atoms with E-state index in [1.807, 2.05) is 22.6 Å². The molecule has 0 aliphatic carbocycles. The molecule has 0 bridgehead atoms. The van der Waals surface area contributed by atoms with Crippen LogP contribution in [0.3, 0.4) is 0 Å². The Morgan fingerprint density at radius 1 is 1.16 bits per heavy atom. The summed E-state index contributed by atoms with van der Waals surface area (Å²) in [7, 11) is 1.68. The minimum atomic E-state index is 0.755. The van der Waals surface area contributed by atoms with Crippen LogP contribution in [0, 0.1) is 11.8 Å². The highest BCUT2D eigenvalue weighted by molar-refractivity contribution is 5.81. The molecule has 3 aromatic rings. The number of piperidine rings is 1. The fourth-order valence-corrected chi connectivity index (χ4v) is 3.94. The fourth-order valence-electron chi connectivity index (χ4n) is 3.94. The molecule has 132 valence electrons. The largest absolute Gasteiger partial charge is 0.497 e. The predicted octanol–water partition coefficient (Wildman–Crippen LogP) is 4.15. The number of imidazole rings is 1. The van der Waals surface area contributed by atoms with Crippen molar-refractivity contribution in [3.63, 3.8) is 0 Å². The number of methoxy groups -OCH3 is 1. The molecule has 0 atom stereocenters. The number of fused-ring (bicyclic) bond motifs is 3. The van der Waals surface area contributed by atoms with Crippen LogP contribution in [0.1, 0.15) is 33.1 Å². The van der Waals surface area contributed by atoms with Crippen LogP contribution in [0.4, 0.5) is 5.82 Å². The topological polar surface area (TPSA) is 42.7 Å². The van der Waals surface area contributed by atoms with Crippen molar-refractivity contribution in [1.82, 2.24) is 14.4 Å². The molecule has 0 amide bonds. The highest BCUT2D eigenvalue weighted by Crippen LogP contribution is 2.27. The highest BCUT2D eigenvalue weighted by atomic mass is 16.5. The van der Waals surface area contributed by atoms with Crippen molar-refractivity contribution < 1.29 is 4.74 Å². The Hall–Kier alpha value is -2.30. The molecule has 0 saturated carbocycles. The van der Waals surface area contributed by atoms with Gasteiger partial charge in [-0.15, -0.1) is 0 Å². The van der Waals surface area contributed by atoms with Gasteiger partial charge in [-0.25, -0.2) is 4.98 Å². The lowest BCUT2D eigenvalue weighted by Gasteiger charge is -2.33. The molecule has 4 rings (SSSR count). The van der Waals surface area contributed by atoms with Gasteiger partial charge in [0.25, 0.3) is 0 Å². The van der Waals surface area contributed by atoms with Crippen molar-refractivity contribution >= 4 is 22.6 Å². The summed E-state index contributed by atoms with van der Waals surface area (Å²) in [5, 5.41) is 0. The normalized spacial score (nSPS) is 16.2. The Balaban J connectivity index is 1.58. The van der Waals surface area contributed by atoms with Gasteiger partial charge in [0.15, 0.2) is 0 Å². The van der Waals surface area contributed by atoms with Crippen molar-refractivity contribution in [3.8, 4) is 5.75 Å². The molecule has 1 saturated heterocycles. The molecule has 1 aromatic carbocycles. The van der Waals surface area contributed by atoms with E-state index in [0.717, 1.165) is 53.3 Å². The lowest BCUT2D eigenvalue weighted by molar-refractivity contribution is 0.337. The fraction of sp³-hybridized carbons (Fsp3) is 0.500. The zero-order chi connectivity index (χ0) is 17.4. The molecule has 2 aromatic heterocycles. The summed E-state index contributed by atoms with van der Waals surface area (Å²) in [6, 6.07) is 8.07. The number of nitrogens with zero attached hydrogens (tertiary/aromatic N) is 4. The van der Waals surface area contributed by atoms with Crippen LogP contribution < -0.4 is 9.64 Å². The first-order valence-corrected chi connectivity index (χ1v) is 9.22. The third-order valence-electron chi connectivity index (χ3n) is 5.21. The van der Waals surface area contributed by atoms with Gasteiger partial charge in [-0.2, -0.15) is 4.98 Å². The highest BCUT2D eigenvalue weighted by Gasteiger charge is 2.21. The Bertz CT molecular complexity index is 878. The second kappa shape index (κ2) is 6.54. The third-order valence-corrected chi connectivity index (χ3v) is 5.21. The molecule has 5 heteroatoms. The molecular weight excluding hydrogens is 312 g/mol. The summed E-state index contributed by atoms with van der Waals surface area (Å²) in [6.07, 6.45) is 5.95. The summed E-state index contributed by atoms with van der Waals surface area (Å²) < 4.78 is 7.34. The predicted molar refractivity (Wildman–Crippen MR) is 101 cm³/mol. The summed E-state index contributed by atoms with van der Waals surface area (Å²) in [6.45, 7) is 6.82. The average Bonchev–Trinajstić information content (AvgIpc) is 2.98. The van der Waals surface area contributed by atoms with E-state index in [9.17, 15) is 0 Å². The van der Waals surface area contributed by atoms with E-state index in [-0.39, 0.29) is 0 Å². The van der Waals surface area contributed by atoms with Crippen LogP contribution in [0.15, 0.2) is 30.5 Å². The molecule has 1 fully saturated rings. The number of aromatic nitrogens is 3. The zero-order valence-corrected chi connectivity index (χ0v) is 15.3. The summed E-state index contributed by atoms with van der Waals surface area (Å²) in [5.41, 5.74) is 1.98. The number of benzene rings is 1. The van der Waals surface area contributed by atoms with Gasteiger partial charge in [0, 0.05) is 25.4 Å². The number of rotatable bonds is 4. The maximum absolute atomic E-state index is 5.30. The van der Waals surface area contributed by atoms with E-state index in [4.69, 9.17) is 9.72 Å². The Labute approximate surface area is 148 Å². The zero-order valence-electron chi connectivity index (χ0n) is 15.3. The van der Waals surface area contributed by atoms with Crippen LogP contribution >= 0.6 is 0 Å². The van der Waals surface area contributed by atoms with E-state index in [1.165, 1.54) is 19.3 Å². The van der Waals surface area contributed by atoms with Crippen molar-refractivity contribution in [1.29, 1.82) is 0 Å². The summed E-state index contributed by atoms with van der Waals surface area (Å²) in [4.78, 5) is 11.9. The van der Waals surface area contributed by atoms with Crippen LogP contribution in [-0.2, 0) is 0 Å². The van der Waals surface area contributed by atoms with Crippen LogP contribution in [0.2, 0.25) is 0 Å². The molecular formula is C20H26N4O. The van der Waals surface area contributed by atoms with E-state index >= 15 is 0 Å². The van der Waals surface area contributed by atoms with Crippen molar-refractivity contribution in [2.24, 2.45) is 11.8 Å². The Morgan fingerprint density at radius 2 is 1.96 bits per heavy atom.